The van der Waals surface area contributed by atoms with Crippen LogP contribution >= 0.6 is 0 Å². The van der Waals surface area contributed by atoms with Crippen LogP contribution in [0.15, 0.2) is 48.5 Å². The van der Waals surface area contributed by atoms with Gasteiger partial charge in [-0.25, -0.2) is 4.79 Å². The monoisotopic (exact) mass is 354 g/mol. The summed E-state index contributed by atoms with van der Waals surface area (Å²) in [6.45, 7) is 5.09. The molecule has 0 aromatic heterocycles. The van der Waals surface area contributed by atoms with Gasteiger partial charge in [-0.3, -0.25) is 0 Å². The fourth-order valence-electron chi connectivity index (χ4n) is 3.29. The maximum absolute atomic E-state index is 11.0. The van der Waals surface area contributed by atoms with Gasteiger partial charge in [-0.1, -0.05) is 36.4 Å². The predicted octanol–water partition coefficient (Wildman–Crippen LogP) is 3.08. The Bertz CT molecular complexity index is 748. The van der Waals surface area contributed by atoms with Crippen molar-refractivity contribution in [2.24, 2.45) is 0 Å². The topological polar surface area (TPSA) is 61.8 Å². The number of carboxylic acid groups (broad SMARTS) is 1. The number of nitrogens with zero attached hydrogens (tertiary/aromatic N) is 1. The van der Waals surface area contributed by atoms with Crippen LogP contribution in [-0.4, -0.2) is 36.8 Å². The molecule has 0 amide bonds. The maximum Gasteiger partial charge on any atom is 0.344 e. The number of anilines is 1. The lowest BCUT2D eigenvalue weighted by atomic mass is 10.0. The minimum atomic E-state index is -0.962. The first kappa shape index (κ1) is 18.3. The van der Waals surface area contributed by atoms with Crippen molar-refractivity contribution in [3.05, 3.63) is 59.7 Å². The first-order chi connectivity index (χ1) is 12.6. The molecule has 5 nitrogen and oxygen atoms in total. The number of aryl methyl sites for hydroxylation is 1. The number of para-hydroxylation sites is 2. The highest BCUT2D eigenvalue weighted by molar-refractivity contribution is 5.72. The van der Waals surface area contributed by atoms with Crippen LogP contribution in [0.3, 0.4) is 0 Å². The zero-order valence-electron chi connectivity index (χ0n) is 15.1. The third kappa shape index (κ3) is 4.55. The highest BCUT2D eigenvalue weighted by Gasteiger charge is 2.16. The summed E-state index contributed by atoms with van der Waals surface area (Å²) in [4.78, 5) is 13.4. The van der Waals surface area contributed by atoms with Gasteiger partial charge in [0.25, 0.3) is 0 Å². The third-order valence-electron chi connectivity index (χ3n) is 4.70. The number of fused-ring (bicyclic) bond motifs is 1. The van der Waals surface area contributed by atoms with E-state index in [0.717, 1.165) is 31.6 Å². The van der Waals surface area contributed by atoms with Gasteiger partial charge in [0.1, 0.15) is 5.75 Å². The van der Waals surface area contributed by atoms with Gasteiger partial charge in [-0.05, 0) is 37.5 Å². The maximum atomic E-state index is 11.0. The molecule has 2 aromatic rings. The van der Waals surface area contributed by atoms with E-state index in [1.807, 2.05) is 24.3 Å². The molecule has 1 unspecified atom stereocenters. The van der Waals surface area contributed by atoms with E-state index in [9.17, 15) is 4.79 Å². The number of carbonyl (C=O) groups is 1. The second kappa shape index (κ2) is 8.72. The smallest absolute Gasteiger partial charge is 0.344 e. The molecule has 26 heavy (non-hydrogen) atoms. The van der Waals surface area contributed by atoms with Crippen LogP contribution in [0, 0.1) is 0 Å². The van der Waals surface area contributed by atoms with Gasteiger partial charge in [0.2, 0.25) is 0 Å². The molecule has 0 spiro atoms. The number of hydrogen-bond acceptors (Lipinski definition) is 4. The van der Waals surface area contributed by atoms with Crippen LogP contribution in [0.2, 0.25) is 0 Å². The van der Waals surface area contributed by atoms with Crippen molar-refractivity contribution in [3.8, 4) is 5.75 Å². The average Bonchev–Trinajstić information content (AvgIpc) is 2.66. The molecule has 2 aromatic carbocycles. The van der Waals surface area contributed by atoms with Crippen LogP contribution in [0.4, 0.5) is 5.69 Å². The van der Waals surface area contributed by atoms with Crippen LogP contribution in [0.5, 0.6) is 5.75 Å². The number of nitrogens with one attached hydrogen (secondary N) is 1. The fraction of sp³-hybridized carbons (Fsp3) is 0.381. The van der Waals surface area contributed by atoms with E-state index in [2.05, 4.69) is 34.5 Å². The van der Waals surface area contributed by atoms with Crippen LogP contribution in [-0.2, 0) is 17.8 Å². The van der Waals surface area contributed by atoms with Crippen molar-refractivity contribution in [3.63, 3.8) is 0 Å². The summed E-state index contributed by atoms with van der Waals surface area (Å²) >= 11 is 0. The number of rotatable bonds is 8. The summed E-state index contributed by atoms with van der Waals surface area (Å²) in [6.07, 6.45) is 1.49. The molecule has 0 saturated carbocycles. The molecule has 5 heteroatoms. The Morgan fingerprint density at radius 2 is 2.00 bits per heavy atom. The summed E-state index contributed by atoms with van der Waals surface area (Å²) in [5.41, 5.74) is 3.75. The van der Waals surface area contributed by atoms with E-state index < -0.39 is 12.1 Å². The van der Waals surface area contributed by atoms with Gasteiger partial charge < -0.3 is 20.1 Å². The number of aliphatic carboxylic acids is 1. The third-order valence-corrected chi connectivity index (χ3v) is 4.70. The Kier molecular flexibility index (Phi) is 6.12. The highest BCUT2D eigenvalue weighted by Crippen LogP contribution is 2.26. The normalized spacial score (nSPS) is 14.6. The first-order valence-electron chi connectivity index (χ1n) is 9.16. The molecule has 1 aliphatic rings. The van der Waals surface area contributed by atoms with E-state index in [4.69, 9.17) is 9.84 Å². The van der Waals surface area contributed by atoms with Gasteiger partial charge in [-0.2, -0.15) is 0 Å². The number of benzene rings is 2. The van der Waals surface area contributed by atoms with E-state index in [1.165, 1.54) is 17.7 Å². The Hall–Kier alpha value is -2.53. The summed E-state index contributed by atoms with van der Waals surface area (Å²) in [6, 6.07) is 16.2. The van der Waals surface area contributed by atoms with Crippen LogP contribution in [0.25, 0.3) is 0 Å². The molecule has 0 fully saturated rings. The molecule has 2 N–H and O–H groups in total. The Morgan fingerprint density at radius 3 is 2.85 bits per heavy atom. The lowest BCUT2D eigenvalue weighted by molar-refractivity contribution is -0.144. The van der Waals surface area contributed by atoms with E-state index in [-0.39, 0.29) is 0 Å². The summed E-state index contributed by atoms with van der Waals surface area (Å²) in [7, 11) is 0. The lowest BCUT2D eigenvalue weighted by Gasteiger charge is -2.31. The summed E-state index contributed by atoms with van der Waals surface area (Å²) < 4.78 is 5.55. The Labute approximate surface area is 154 Å². The summed E-state index contributed by atoms with van der Waals surface area (Å²) in [5.74, 6) is -0.338. The number of ether oxygens (including phenoxy) is 1. The van der Waals surface area contributed by atoms with E-state index in [0.29, 0.717) is 12.3 Å². The molecule has 0 radical (unpaired) electrons. The van der Waals surface area contributed by atoms with Crippen LogP contribution in [0.1, 0.15) is 24.5 Å². The SMILES string of the molecule is CC(Oc1ccccc1CNCCN1CCCc2ccccc21)C(=O)O. The molecular weight excluding hydrogens is 328 g/mol. The zero-order chi connectivity index (χ0) is 18.4. The molecular formula is C21H26N2O3. The first-order valence-corrected chi connectivity index (χ1v) is 9.16. The molecule has 3 rings (SSSR count). The van der Waals surface area contributed by atoms with Crippen molar-refractivity contribution in [1.82, 2.24) is 5.32 Å². The largest absolute Gasteiger partial charge is 0.479 e. The second-order valence-electron chi connectivity index (χ2n) is 6.60. The van der Waals surface area contributed by atoms with Gasteiger partial charge >= 0.3 is 5.97 Å². The van der Waals surface area contributed by atoms with Crippen molar-refractivity contribution >= 4 is 11.7 Å². The molecule has 0 saturated heterocycles. The van der Waals surface area contributed by atoms with Crippen LogP contribution < -0.4 is 15.0 Å². The molecule has 1 aliphatic heterocycles. The van der Waals surface area contributed by atoms with Gasteiger partial charge in [0.05, 0.1) is 0 Å². The molecule has 0 bridgehead atoms. The fourth-order valence-corrected chi connectivity index (χ4v) is 3.29. The van der Waals surface area contributed by atoms with Crippen molar-refractivity contribution in [2.45, 2.75) is 32.4 Å². The minimum absolute atomic E-state index is 0.623. The Balaban J connectivity index is 1.53. The zero-order valence-corrected chi connectivity index (χ0v) is 15.1. The number of hydrogen-bond donors (Lipinski definition) is 2. The predicted molar refractivity (Wildman–Crippen MR) is 103 cm³/mol. The van der Waals surface area contributed by atoms with Gasteiger partial charge in [-0.15, -0.1) is 0 Å². The van der Waals surface area contributed by atoms with Crippen molar-refractivity contribution < 1.29 is 14.6 Å². The van der Waals surface area contributed by atoms with Gasteiger partial charge in [0, 0.05) is 37.4 Å². The van der Waals surface area contributed by atoms with Gasteiger partial charge in [0.15, 0.2) is 6.10 Å². The second-order valence-corrected chi connectivity index (χ2v) is 6.60. The minimum Gasteiger partial charge on any atom is -0.479 e. The molecule has 1 heterocycles. The summed E-state index contributed by atoms with van der Waals surface area (Å²) in [5, 5.41) is 12.5. The van der Waals surface area contributed by atoms with Crippen molar-refractivity contribution in [2.75, 3.05) is 24.5 Å². The Morgan fingerprint density at radius 1 is 1.23 bits per heavy atom. The lowest BCUT2D eigenvalue weighted by Crippen LogP contribution is -2.35. The highest BCUT2D eigenvalue weighted by atomic mass is 16.5. The molecule has 1 atom stereocenters. The molecule has 0 aliphatic carbocycles. The molecule has 138 valence electrons. The number of carboxylic acids is 1. The van der Waals surface area contributed by atoms with Crippen molar-refractivity contribution in [1.29, 1.82) is 0 Å². The van der Waals surface area contributed by atoms with E-state index >= 15 is 0 Å². The quantitative estimate of drug-likeness (QED) is 0.714. The standard InChI is InChI=1S/C21H26N2O3/c1-16(21(24)25)26-20-11-5-3-8-18(20)15-22-12-14-23-13-6-9-17-7-2-4-10-19(17)23/h2-5,7-8,10-11,16,22H,6,9,12-15H2,1H3,(H,24,25). The average molecular weight is 354 g/mol. The van der Waals surface area contributed by atoms with E-state index in [1.54, 1.807) is 6.92 Å².